The van der Waals surface area contributed by atoms with Gasteiger partial charge in [-0.25, -0.2) is 0 Å². The lowest BCUT2D eigenvalue weighted by Gasteiger charge is -2.22. The van der Waals surface area contributed by atoms with Crippen LogP contribution in [-0.4, -0.2) is 48.0 Å². The summed E-state index contributed by atoms with van der Waals surface area (Å²) in [6.07, 6.45) is -3.02. The fourth-order valence-corrected chi connectivity index (χ4v) is 2.73. The van der Waals surface area contributed by atoms with Crippen molar-refractivity contribution >= 4 is 5.97 Å². The number of carbonyl (C=O) groups is 1. The quantitative estimate of drug-likeness (QED) is 0.821. The van der Waals surface area contributed by atoms with E-state index in [-0.39, 0.29) is 18.1 Å². The number of hydrogen-bond donors (Lipinski definition) is 1. The molecule has 0 saturated carbocycles. The number of likely N-dealkylation sites (tertiary alicyclic amines) is 1. The maximum Gasteiger partial charge on any atom is 0.422 e. The van der Waals surface area contributed by atoms with E-state index in [2.05, 4.69) is 0 Å². The van der Waals surface area contributed by atoms with Gasteiger partial charge in [0, 0.05) is 6.54 Å². The van der Waals surface area contributed by atoms with E-state index in [4.69, 9.17) is 9.47 Å². The van der Waals surface area contributed by atoms with E-state index in [1.165, 1.54) is 6.07 Å². The van der Waals surface area contributed by atoms with Crippen molar-refractivity contribution in [3.8, 4) is 11.5 Å². The van der Waals surface area contributed by atoms with Crippen molar-refractivity contribution < 1.29 is 32.5 Å². The predicted molar refractivity (Wildman–Crippen MR) is 80.2 cm³/mol. The molecule has 0 radical (unpaired) electrons. The van der Waals surface area contributed by atoms with Crippen molar-refractivity contribution in [1.29, 1.82) is 0 Å². The SMILES string of the molecule is CCOc1cc(CN2CCC[C@@H]2C(=O)O)ccc1OCC(F)(F)F. The zero-order valence-corrected chi connectivity index (χ0v) is 13.3. The van der Waals surface area contributed by atoms with Gasteiger partial charge in [0.15, 0.2) is 18.1 Å². The maximum absolute atomic E-state index is 12.3. The lowest BCUT2D eigenvalue weighted by atomic mass is 10.1. The first-order chi connectivity index (χ1) is 11.3. The van der Waals surface area contributed by atoms with Crippen LogP contribution in [0, 0.1) is 0 Å². The summed E-state index contributed by atoms with van der Waals surface area (Å²) in [5, 5.41) is 9.20. The van der Waals surface area contributed by atoms with Gasteiger partial charge in [-0.2, -0.15) is 13.2 Å². The highest BCUT2D eigenvalue weighted by Crippen LogP contribution is 2.31. The van der Waals surface area contributed by atoms with Gasteiger partial charge < -0.3 is 14.6 Å². The van der Waals surface area contributed by atoms with Crippen molar-refractivity contribution in [3.63, 3.8) is 0 Å². The molecule has 1 heterocycles. The highest BCUT2D eigenvalue weighted by Gasteiger charge is 2.31. The first-order valence-electron chi connectivity index (χ1n) is 7.72. The number of halogens is 3. The molecule has 1 aromatic carbocycles. The largest absolute Gasteiger partial charge is 0.490 e. The van der Waals surface area contributed by atoms with Crippen molar-refractivity contribution in [3.05, 3.63) is 23.8 Å². The summed E-state index contributed by atoms with van der Waals surface area (Å²) in [6.45, 7) is 1.69. The maximum atomic E-state index is 12.3. The highest BCUT2D eigenvalue weighted by atomic mass is 19.4. The molecule has 1 saturated heterocycles. The second-order valence-corrected chi connectivity index (χ2v) is 5.58. The summed E-state index contributed by atoms with van der Waals surface area (Å²) in [4.78, 5) is 13.0. The molecule has 1 N–H and O–H groups in total. The fourth-order valence-electron chi connectivity index (χ4n) is 2.73. The highest BCUT2D eigenvalue weighted by molar-refractivity contribution is 5.73. The standard InChI is InChI=1S/C16H20F3NO4/c1-2-23-14-8-11(5-6-13(14)24-10-16(17,18)19)9-20-7-3-4-12(20)15(21)22/h5-6,8,12H,2-4,7,9-10H2,1H3,(H,21,22)/t12-/m1/s1. The zero-order valence-electron chi connectivity index (χ0n) is 13.3. The van der Waals surface area contributed by atoms with Crippen molar-refractivity contribution in [2.24, 2.45) is 0 Å². The molecule has 8 heteroatoms. The van der Waals surface area contributed by atoms with Crippen LogP contribution in [0.1, 0.15) is 25.3 Å². The van der Waals surface area contributed by atoms with Crippen molar-refractivity contribution in [2.75, 3.05) is 19.8 Å². The van der Waals surface area contributed by atoms with Gasteiger partial charge in [-0.1, -0.05) is 6.07 Å². The second-order valence-electron chi connectivity index (χ2n) is 5.58. The lowest BCUT2D eigenvalue weighted by Crippen LogP contribution is -2.35. The van der Waals surface area contributed by atoms with Crippen LogP contribution in [0.15, 0.2) is 18.2 Å². The molecular weight excluding hydrogens is 327 g/mol. The molecule has 5 nitrogen and oxygen atoms in total. The van der Waals surface area contributed by atoms with Crippen molar-refractivity contribution in [2.45, 2.75) is 38.5 Å². The molecule has 1 aromatic rings. The molecule has 2 rings (SSSR count). The number of benzene rings is 1. The molecule has 1 fully saturated rings. The smallest absolute Gasteiger partial charge is 0.422 e. The van der Waals surface area contributed by atoms with Crippen molar-refractivity contribution in [1.82, 2.24) is 4.90 Å². The Morgan fingerprint density at radius 3 is 2.71 bits per heavy atom. The molecule has 0 bridgehead atoms. The van der Waals surface area contributed by atoms with Gasteiger partial charge in [0.2, 0.25) is 0 Å². The number of alkyl halides is 3. The first kappa shape index (κ1) is 18.4. The Bertz CT molecular complexity index is 577. The van der Waals surface area contributed by atoms with Crippen LogP contribution in [0.5, 0.6) is 11.5 Å². The van der Waals surface area contributed by atoms with Gasteiger partial charge in [0.1, 0.15) is 6.04 Å². The summed E-state index contributed by atoms with van der Waals surface area (Å²) in [7, 11) is 0. The molecule has 0 aromatic heterocycles. The molecule has 24 heavy (non-hydrogen) atoms. The Labute approximate surface area is 138 Å². The minimum absolute atomic E-state index is 0.0223. The zero-order chi connectivity index (χ0) is 17.7. The Morgan fingerprint density at radius 1 is 1.33 bits per heavy atom. The molecule has 1 atom stereocenters. The van der Waals surface area contributed by atoms with Crippen LogP contribution in [0.4, 0.5) is 13.2 Å². The third-order valence-corrected chi connectivity index (χ3v) is 3.73. The number of rotatable bonds is 7. The molecule has 0 unspecified atom stereocenters. The second kappa shape index (κ2) is 7.74. The molecule has 1 aliphatic rings. The molecule has 1 aliphatic heterocycles. The fraction of sp³-hybridized carbons (Fsp3) is 0.562. The molecule has 0 amide bonds. The van der Waals surface area contributed by atoms with Gasteiger partial charge in [0.25, 0.3) is 0 Å². The van der Waals surface area contributed by atoms with Gasteiger partial charge in [-0.05, 0) is 44.0 Å². The normalized spacial score (nSPS) is 18.6. The van der Waals surface area contributed by atoms with E-state index >= 15 is 0 Å². The molecule has 0 aliphatic carbocycles. The van der Waals surface area contributed by atoms with E-state index in [1.54, 1.807) is 19.1 Å². The Kier molecular flexibility index (Phi) is 5.93. The van der Waals surface area contributed by atoms with Gasteiger partial charge >= 0.3 is 12.1 Å². The minimum Gasteiger partial charge on any atom is -0.490 e. The average molecular weight is 347 g/mol. The van der Waals surface area contributed by atoms with Crippen LogP contribution in [0.2, 0.25) is 0 Å². The number of hydrogen-bond acceptors (Lipinski definition) is 4. The van der Waals surface area contributed by atoms with E-state index in [0.717, 1.165) is 12.0 Å². The topological polar surface area (TPSA) is 59.0 Å². The Hall–Kier alpha value is -1.96. The van der Waals surface area contributed by atoms with Gasteiger partial charge in [-0.15, -0.1) is 0 Å². The molecule has 134 valence electrons. The van der Waals surface area contributed by atoms with Crippen LogP contribution in [0.25, 0.3) is 0 Å². The lowest BCUT2D eigenvalue weighted by molar-refractivity contribution is -0.153. The monoisotopic (exact) mass is 347 g/mol. The van der Waals surface area contributed by atoms with Crippen LogP contribution < -0.4 is 9.47 Å². The van der Waals surface area contributed by atoms with Crippen LogP contribution in [0.3, 0.4) is 0 Å². The summed E-state index contributed by atoms with van der Waals surface area (Å²) in [5.74, 6) is -0.609. The Morgan fingerprint density at radius 2 is 2.08 bits per heavy atom. The summed E-state index contributed by atoms with van der Waals surface area (Å²) < 4.78 is 47.0. The van der Waals surface area contributed by atoms with Crippen LogP contribution in [-0.2, 0) is 11.3 Å². The van der Waals surface area contributed by atoms with Crippen LogP contribution >= 0.6 is 0 Å². The van der Waals surface area contributed by atoms with E-state index in [0.29, 0.717) is 19.5 Å². The third kappa shape index (κ3) is 5.02. The van der Waals surface area contributed by atoms with Gasteiger partial charge in [-0.3, -0.25) is 9.69 Å². The number of aliphatic carboxylic acids is 1. The van der Waals surface area contributed by atoms with Gasteiger partial charge in [0.05, 0.1) is 6.61 Å². The number of nitrogens with zero attached hydrogens (tertiary/aromatic N) is 1. The van der Waals surface area contributed by atoms with E-state index in [9.17, 15) is 23.1 Å². The summed E-state index contributed by atoms with van der Waals surface area (Å²) in [5.41, 5.74) is 0.769. The summed E-state index contributed by atoms with van der Waals surface area (Å²) >= 11 is 0. The van der Waals surface area contributed by atoms with E-state index < -0.39 is 24.8 Å². The third-order valence-electron chi connectivity index (χ3n) is 3.73. The number of carboxylic acid groups (broad SMARTS) is 1. The molecular formula is C16H20F3NO4. The summed E-state index contributed by atoms with van der Waals surface area (Å²) in [6, 6.07) is 4.14. The minimum atomic E-state index is -4.42. The Balaban J connectivity index is 2.11. The number of ether oxygens (including phenoxy) is 2. The number of carboxylic acids is 1. The average Bonchev–Trinajstić information content (AvgIpc) is 2.94. The molecule has 0 spiro atoms. The van der Waals surface area contributed by atoms with E-state index in [1.807, 2.05) is 4.90 Å². The first-order valence-corrected chi connectivity index (χ1v) is 7.72. The predicted octanol–water partition coefficient (Wildman–Crippen LogP) is 3.08.